The van der Waals surface area contributed by atoms with Gasteiger partial charge in [0.05, 0.1) is 0 Å². The molecule has 0 amide bonds. The second-order valence-corrected chi connectivity index (χ2v) is 3.47. The molecule has 0 saturated heterocycles. The zero-order chi connectivity index (χ0) is 10.3. The van der Waals surface area contributed by atoms with Crippen LogP contribution in [-0.4, -0.2) is 30.2 Å². The maximum atomic E-state index is 2.28. The zero-order valence-electron chi connectivity index (χ0n) is 9.80. The second kappa shape index (κ2) is 6.96. The molecule has 2 heteroatoms. The molecule has 0 heterocycles. The van der Waals surface area contributed by atoms with Gasteiger partial charge in [-0.2, -0.15) is 0 Å². The Bertz CT molecular complexity index is 152. The third-order valence-electron chi connectivity index (χ3n) is 2.24. The Kier molecular flexibility index (Phi) is 6.69. The summed E-state index contributed by atoms with van der Waals surface area (Å²) < 4.78 is 0. The van der Waals surface area contributed by atoms with Crippen LogP contribution < -0.4 is 0 Å². The van der Waals surface area contributed by atoms with Crippen molar-refractivity contribution >= 4 is 0 Å². The molecule has 78 valence electrons. The number of rotatable bonds is 6. The predicted octanol–water partition coefficient (Wildman–Crippen LogP) is 2.88. The molecule has 0 rings (SSSR count). The van der Waals surface area contributed by atoms with Gasteiger partial charge >= 0.3 is 0 Å². The van der Waals surface area contributed by atoms with Crippen molar-refractivity contribution in [3.8, 4) is 0 Å². The molecule has 0 saturated carbocycles. The number of hydrazine groups is 1. The normalized spacial score (nSPS) is 12.3. The molecule has 0 radical (unpaired) electrons. The molecule has 0 atom stereocenters. The van der Waals surface area contributed by atoms with Crippen LogP contribution in [0, 0.1) is 0 Å². The Balaban J connectivity index is 4.16. The SMILES string of the molecule is CCCN(C)N(/C=C(/C)CC)CC. The molecule has 0 aliphatic carbocycles. The third-order valence-corrected chi connectivity index (χ3v) is 2.24. The number of allylic oxidation sites excluding steroid dienone is 1. The molecule has 0 aromatic heterocycles. The van der Waals surface area contributed by atoms with E-state index in [0.717, 1.165) is 19.5 Å². The van der Waals surface area contributed by atoms with E-state index in [4.69, 9.17) is 0 Å². The van der Waals surface area contributed by atoms with E-state index in [1.54, 1.807) is 0 Å². The number of hydrogen-bond donors (Lipinski definition) is 0. The van der Waals surface area contributed by atoms with Gasteiger partial charge in [0, 0.05) is 26.3 Å². The molecule has 0 fully saturated rings. The monoisotopic (exact) mass is 184 g/mol. The number of hydrogen-bond acceptors (Lipinski definition) is 2. The highest BCUT2D eigenvalue weighted by molar-refractivity contribution is 4.95. The molecule has 0 aromatic rings. The van der Waals surface area contributed by atoms with E-state index in [0.29, 0.717) is 0 Å². The maximum Gasteiger partial charge on any atom is 0.0311 e. The van der Waals surface area contributed by atoms with Crippen molar-refractivity contribution in [1.82, 2.24) is 10.0 Å². The molecule has 0 aliphatic rings. The first-order chi connectivity index (χ1) is 6.15. The molecule has 2 nitrogen and oxygen atoms in total. The molecule has 0 unspecified atom stereocenters. The fourth-order valence-corrected chi connectivity index (χ4v) is 1.23. The Hall–Kier alpha value is -0.500. The van der Waals surface area contributed by atoms with Gasteiger partial charge in [0.25, 0.3) is 0 Å². The van der Waals surface area contributed by atoms with Crippen LogP contribution in [0.1, 0.15) is 40.5 Å². The summed E-state index contributed by atoms with van der Waals surface area (Å²) in [6.45, 7) is 10.9. The van der Waals surface area contributed by atoms with E-state index in [1.807, 2.05) is 0 Å². The summed E-state index contributed by atoms with van der Waals surface area (Å²) in [5.41, 5.74) is 1.44. The van der Waals surface area contributed by atoms with Gasteiger partial charge in [0.2, 0.25) is 0 Å². The van der Waals surface area contributed by atoms with Crippen LogP contribution >= 0.6 is 0 Å². The Labute approximate surface area is 83.2 Å². The summed E-state index contributed by atoms with van der Waals surface area (Å²) in [7, 11) is 2.15. The topological polar surface area (TPSA) is 6.48 Å². The van der Waals surface area contributed by atoms with E-state index < -0.39 is 0 Å². The van der Waals surface area contributed by atoms with Crippen molar-refractivity contribution in [2.45, 2.75) is 40.5 Å². The highest BCUT2D eigenvalue weighted by atomic mass is 15.6. The van der Waals surface area contributed by atoms with E-state index in [1.165, 1.54) is 12.0 Å². The lowest BCUT2D eigenvalue weighted by Gasteiger charge is -2.30. The minimum Gasteiger partial charge on any atom is -0.314 e. The summed E-state index contributed by atoms with van der Waals surface area (Å²) in [6.07, 6.45) is 4.58. The van der Waals surface area contributed by atoms with E-state index in [9.17, 15) is 0 Å². The Morgan fingerprint density at radius 2 is 1.85 bits per heavy atom. The minimum absolute atomic E-state index is 1.05. The highest BCUT2D eigenvalue weighted by Crippen LogP contribution is 2.04. The van der Waals surface area contributed by atoms with Crippen LogP contribution in [0.2, 0.25) is 0 Å². The minimum atomic E-state index is 1.05. The summed E-state index contributed by atoms with van der Waals surface area (Å²) in [6, 6.07) is 0. The van der Waals surface area contributed by atoms with Gasteiger partial charge in [0.1, 0.15) is 0 Å². The maximum absolute atomic E-state index is 2.28. The molecule has 0 spiro atoms. The molecule has 0 aromatic carbocycles. The molecule has 0 N–H and O–H groups in total. The van der Waals surface area contributed by atoms with Crippen LogP contribution in [0.25, 0.3) is 0 Å². The summed E-state index contributed by atoms with van der Waals surface area (Å²) in [5.74, 6) is 0. The van der Waals surface area contributed by atoms with Gasteiger partial charge < -0.3 is 5.01 Å². The van der Waals surface area contributed by atoms with Gasteiger partial charge in [0.15, 0.2) is 0 Å². The lowest BCUT2D eigenvalue weighted by Crippen LogP contribution is -2.36. The lowest BCUT2D eigenvalue weighted by molar-refractivity contribution is 0.0559. The van der Waals surface area contributed by atoms with E-state index in [-0.39, 0.29) is 0 Å². The van der Waals surface area contributed by atoms with Crippen LogP contribution in [0.5, 0.6) is 0 Å². The first-order valence-corrected chi connectivity index (χ1v) is 5.30. The molecular weight excluding hydrogens is 160 g/mol. The first kappa shape index (κ1) is 12.5. The van der Waals surface area contributed by atoms with Gasteiger partial charge in [-0.05, 0) is 26.7 Å². The number of nitrogens with zero attached hydrogens (tertiary/aromatic N) is 2. The van der Waals surface area contributed by atoms with Crippen molar-refractivity contribution in [2.75, 3.05) is 20.1 Å². The Morgan fingerprint density at radius 1 is 1.23 bits per heavy atom. The smallest absolute Gasteiger partial charge is 0.0311 e. The van der Waals surface area contributed by atoms with Crippen molar-refractivity contribution < 1.29 is 0 Å². The standard InChI is InChI=1S/C11H24N2/c1-6-9-12(5)13(8-3)10-11(4)7-2/h10H,6-9H2,1-5H3/b11-10-. The zero-order valence-corrected chi connectivity index (χ0v) is 9.80. The van der Waals surface area contributed by atoms with Crippen LogP contribution in [0.3, 0.4) is 0 Å². The summed E-state index contributed by atoms with van der Waals surface area (Å²) in [5, 5.41) is 4.56. The lowest BCUT2D eigenvalue weighted by atomic mass is 10.2. The second-order valence-electron chi connectivity index (χ2n) is 3.47. The summed E-state index contributed by atoms with van der Waals surface area (Å²) >= 11 is 0. The Morgan fingerprint density at radius 3 is 2.23 bits per heavy atom. The van der Waals surface area contributed by atoms with Crippen molar-refractivity contribution in [3.05, 3.63) is 11.8 Å². The summed E-state index contributed by atoms with van der Waals surface area (Å²) in [4.78, 5) is 0. The average Bonchev–Trinajstić information content (AvgIpc) is 2.14. The van der Waals surface area contributed by atoms with Gasteiger partial charge in [-0.3, -0.25) is 0 Å². The van der Waals surface area contributed by atoms with E-state index >= 15 is 0 Å². The third kappa shape index (κ3) is 4.94. The molecule has 0 bridgehead atoms. The first-order valence-electron chi connectivity index (χ1n) is 5.30. The van der Waals surface area contributed by atoms with Crippen molar-refractivity contribution in [3.63, 3.8) is 0 Å². The van der Waals surface area contributed by atoms with Crippen molar-refractivity contribution in [2.24, 2.45) is 0 Å². The highest BCUT2D eigenvalue weighted by Gasteiger charge is 2.02. The van der Waals surface area contributed by atoms with Crippen LogP contribution in [0.15, 0.2) is 11.8 Å². The van der Waals surface area contributed by atoms with Crippen molar-refractivity contribution in [1.29, 1.82) is 0 Å². The van der Waals surface area contributed by atoms with E-state index in [2.05, 4.69) is 51.0 Å². The predicted molar refractivity (Wildman–Crippen MR) is 59.3 cm³/mol. The van der Waals surface area contributed by atoms with Crippen LogP contribution in [0.4, 0.5) is 0 Å². The van der Waals surface area contributed by atoms with Gasteiger partial charge in [-0.25, -0.2) is 5.01 Å². The van der Waals surface area contributed by atoms with Gasteiger partial charge in [-0.1, -0.05) is 19.4 Å². The fraction of sp³-hybridized carbons (Fsp3) is 0.818. The quantitative estimate of drug-likeness (QED) is 0.586. The molecular formula is C11H24N2. The van der Waals surface area contributed by atoms with Gasteiger partial charge in [-0.15, -0.1) is 0 Å². The average molecular weight is 184 g/mol. The largest absolute Gasteiger partial charge is 0.314 e. The van der Waals surface area contributed by atoms with Crippen LogP contribution in [-0.2, 0) is 0 Å². The fourth-order valence-electron chi connectivity index (χ4n) is 1.23. The molecule has 13 heavy (non-hydrogen) atoms. The molecule has 0 aliphatic heterocycles.